The molecule has 0 aliphatic carbocycles. The summed E-state index contributed by atoms with van der Waals surface area (Å²) in [5, 5.41) is 12.7. The summed E-state index contributed by atoms with van der Waals surface area (Å²) in [6.07, 6.45) is 2.09. The number of hydrogen-bond donors (Lipinski definition) is 1. The quantitative estimate of drug-likeness (QED) is 0.387. The van der Waals surface area contributed by atoms with Crippen LogP contribution in [0.4, 0.5) is 10.1 Å². The fourth-order valence-electron chi connectivity index (χ4n) is 2.70. The number of rotatable bonds is 5. The zero-order chi connectivity index (χ0) is 20.8. The molecule has 0 atom stereocenters. The van der Waals surface area contributed by atoms with E-state index in [9.17, 15) is 14.4 Å². The molecular weight excluding hydrogens is 410 g/mol. The highest BCUT2D eigenvalue weighted by Gasteiger charge is 2.10. The van der Waals surface area contributed by atoms with Crippen molar-refractivity contribution < 1.29 is 9.18 Å². The van der Waals surface area contributed by atoms with Gasteiger partial charge in [0, 0.05) is 5.69 Å². The van der Waals surface area contributed by atoms with Crippen LogP contribution in [0.15, 0.2) is 72.3 Å². The Morgan fingerprint density at radius 2 is 1.76 bits per heavy atom. The van der Waals surface area contributed by atoms with Crippen molar-refractivity contribution >= 4 is 40.9 Å². The number of amides is 1. The normalized spacial score (nSPS) is 11.0. The lowest BCUT2D eigenvalue weighted by atomic mass is 10.0. The first kappa shape index (κ1) is 20.6. The highest BCUT2D eigenvalue weighted by atomic mass is 35.5. The monoisotopic (exact) mass is 424 g/mol. The number of nitriles is 1. The minimum Gasteiger partial charge on any atom is -0.321 e. The Bertz CT molecular complexity index is 1120. The molecule has 29 heavy (non-hydrogen) atoms. The number of hydrogen-bond acceptors (Lipinski definition) is 2. The van der Waals surface area contributed by atoms with Crippen LogP contribution >= 0.6 is 23.2 Å². The number of halogens is 3. The number of carbonyl (C=O) groups is 1. The predicted octanol–water partition coefficient (Wildman–Crippen LogP) is 6.27. The van der Waals surface area contributed by atoms with Gasteiger partial charge < -0.3 is 5.32 Å². The Hall–Kier alpha value is -3.13. The molecule has 0 fully saturated rings. The molecule has 0 spiro atoms. The van der Waals surface area contributed by atoms with Gasteiger partial charge in [0.25, 0.3) is 5.91 Å². The molecule has 1 amide bonds. The van der Waals surface area contributed by atoms with Crippen LogP contribution in [0, 0.1) is 17.1 Å². The van der Waals surface area contributed by atoms with E-state index in [2.05, 4.69) is 5.32 Å². The molecule has 0 radical (unpaired) electrons. The van der Waals surface area contributed by atoms with Crippen molar-refractivity contribution in [3.63, 3.8) is 0 Å². The van der Waals surface area contributed by atoms with E-state index in [1.165, 1.54) is 24.3 Å². The molecule has 0 bridgehead atoms. The number of carbonyl (C=O) groups excluding carboxylic acids is 1. The Morgan fingerprint density at radius 1 is 1.00 bits per heavy atom. The fourth-order valence-corrected chi connectivity index (χ4v) is 3.00. The molecular formula is C23H15Cl2FN2O. The van der Waals surface area contributed by atoms with E-state index in [1.807, 2.05) is 24.3 Å². The second-order valence-corrected chi connectivity index (χ2v) is 7.12. The first-order valence-electron chi connectivity index (χ1n) is 8.66. The van der Waals surface area contributed by atoms with Gasteiger partial charge in [-0.3, -0.25) is 4.79 Å². The maximum Gasteiger partial charge on any atom is 0.266 e. The van der Waals surface area contributed by atoms with Crippen LogP contribution in [-0.2, 0) is 11.2 Å². The molecule has 144 valence electrons. The molecule has 3 aromatic carbocycles. The van der Waals surface area contributed by atoms with Crippen LogP contribution in [0.1, 0.15) is 16.7 Å². The Labute approximate surface area is 178 Å². The van der Waals surface area contributed by atoms with Crippen molar-refractivity contribution in [2.45, 2.75) is 6.42 Å². The second kappa shape index (κ2) is 9.38. The van der Waals surface area contributed by atoms with E-state index in [0.29, 0.717) is 27.7 Å². The van der Waals surface area contributed by atoms with Crippen LogP contribution in [0.3, 0.4) is 0 Å². The molecule has 1 N–H and O–H groups in total. The van der Waals surface area contributed by atoms with Gasteiger partial charge in [0.2, 0.25) is 0 Å². The van der Waals surface area contributed by atoms with Crippen LogP contribution < -0.4 is 5.32 Å². The smallest absolute Gasteiger partial charge is 0.266 e. The van der Waals surface area contributed by atoms with Crippen LogP contribution in [-0.4, -0.2) is 5.91 Å². The molecule has 0 aromatic heterocycles. The number of anilines is 1. The molecule has 0 aliphatic rings. The van der Waals surface area contributed by atoms with Gasteiger partial charge in [-0.25, -0.2) is 4.39 Å². The summed E-state index contributed by atoms with van der Waals surface area (Å²) in [5.74, 6) is -0.816. The highest BCUT2D eigenvalue weighted by molar-refractivity contribution is 6.42. The van der Waals surface area contributed by atoms with E-state index < -0.39 is 5.91 Å². The third-order valence-electron chi connectivity index (χ3n) is 4.13. The maximum absolute atomic E-state index is 13.3. The predicted molar refractivity (Wildman–Crippen MR) is 114 cm³/mol. The second-order valence-electron chi connectivity index (χ2n) is 6.30. The minimum absolute atomic E-state index is 0.0473. The summed E-state index contributed by atoms with van der Waals surface area (Å²) in [7, 11) is 0. The van der Waals surface area contributed by atoms with Crippen molar-refractivity contribution in [1.29, 1.82) is 5.26 Å². The summed E-state index contributed by atoms with van der Waals surface area (Å²) < 4.78 is 13.3. The van der Waals surface area contributed by atoms with E-state index in [-0.39, 0.29) is 11.4 Å². The first-order valence-corrected chi connectivity index (χ1v) is 9.42. The minimum atomic E-state index is -0.547. The summed E-state index contributed by atoms with van der Waals surface area (Å²) in [6.45, 7) is 0. The van der Waals surface area contributed by atoms with Crippen molar-refractivity contribution in [1.82, 2.24) is 0 Å². The molecule has 0 saturated heterocycles. The lowest BCUT2D eigenvalue weighted by Gasteiger charge is -2.06. The van der Waals surface area contributed by atoms with Crippen molar-refractivity contribution in [2.24, 2.45) is 0 Å². The highest BCUT2D eigenvalue weighted by Crippen LogP contribution is 2.25. The lowest BCUT2D eigenvalue weighted by Crippen LogP contribution is -2.13. The zero-order valence-electron chi connectivity index (χ0n) is 15.1. The topological polar surface area (TPSA) is 52.9 Å². The molecule has 0 aliphatic heterocycles. The molecule has 0 heterocycles. The van der Waals surface area contributed by atoms with Gasteiger partial charge >= 0.3 is 0 Å². The third kappa shape index (κ3) is 5.68. The SMILES string of the molecule is N#C/C(=C\c1ccc(Cc2cccc(F)c2)cc1)C(=O)Nc1ccc(Cl)c(Cl)c1. The summed E-state index contributed by atoms with van der Waals surface area (Å²) in [4.78, 5) is 12.4. The maximum atomic E-state index is 13.3. The van der Waals surface area contributed by atoms with Gasteiger partial charge in [0.05, 0.1) is 10.0 Å². The average Bonchev–Trinajstić information content (AvgIpc) is 2.70. The van der Waals surface area contributed by atoms with Gasteiger partial charge in [-0.15, -0.1) is 0 Å². The van der Waals surface area contributed by atoms with Gasteiger partial charge in [-0.1, -0.05) is 59.6 Å². The fraction of sp³-hybridized carbons (Fsp3) is 0.0435. The summed E-state index contributed by atoms with van der Waals surface area (Å²) in [6, 6.07) is 20.4. The van der Waals surface area contributed by atoms with Gasteiger partial charge in [0.15, 0.2) is 0 Å². The summed E-state index contributed by atoms with van der Waals surface area (Å²) >= 11 is 11.8. The van der Waals surface area contributed by atoms with E-state index >= 15 is 0 Å². The Morgan fingerprint density at radius 3 is 2.41 bits per heavy atom. The lowest BCUT2D eigenvalue weighted by molar-refractivity contribution is -0.112. The van der Waals surface area contributed by atoms with Crippen molar-refractivity contribution in [3.8, 4) is 6.07 Å². The van der Waals surface area contributed by atoms with E-state index in [0.717, 1.165) is 11.1 Å². The third-order valence-corrected chi connectivity index (χ3v) is 4.87. The molecule has 3 aromatic rings. The zero-order valence-corrected chi connectivity index (χ0v) is 16.6. The van der Waals surface area contributed by atoms with E-state index in [4.69, 9.17) is 23.2 Å². The Kier molecular flexibility index (Phi) is 6.66. The van der Waals surface area contributed by atoms with E-state index in [1.54, 1.807) is 30.3 Å². The van der Waals surface area contributed by atoms with Crippen molar-refractivity contribution in [3.05, 3.63) is 105 Å². The molecule has 0 saturated carbocycles. The van der Waals surface area contributed by atoms with Crippen LogP contribution in [0.2, 0.25) is 10.0 Å². The largest absolute Gasteiger partial charge is 0.321 e. The molecule has 3 nitrogen and oxygen atoms in total. The first-order chi connectivity index (χ1) is 13.9. The van der Waals surface area contributed by atoms with Gasteiger partial charge in [-0.05, 0) is 59.5 Å². The summed E-state index contributed by atoms with van der Waals surface area (Å²) in [5.41, 5.74) is 2.96. The molecule has 6 heteroatoms. The molecule has 3 rings (SSSR count). The Balaban J connectivity index is 1.72. The molecule has 0 unspecified atom stereocenters. The van der Waals surface area contributed by atoms with Gasteiger partial charge in [-0.2, -0.15) is 5.26 Å². The standard InChI is InChI=1S/C23H15Cl2FN2O/c24-21-9-8-20(13-22(21)25)28-23(29)18(14-27)11-16-6-4-15(5-7-16)10-17-2-1-3-19(26)12-17/h1-9,11-13H,10H2,(H,28,29)/b18-11+. The number of nitrogens with zero attached hydrogens (tertiary/aromatic N) is 1. The van der Waals surface area contributed by atoms with Gasteiger partial charge in [0.1, 0.15) is 17.5 Å². The van der Waals surface area contributed by atoms with Crippen molar-refractivity contribution in [2.75, 3.05) is 5.32 Å². The number of nitrogens with one attached hydrogen (secondary N) is 1. The average molecular weight is 425 g/mol. The van der Waals surface area contributed by atoms with Crippen LogP contribution in [0.25, 0.3) is 6.08 Å². The number of benzene rings is 3. The van der Waals surface area contributed by atoms with Crippen LogP contribution in [0.5, 0.6) is 0 Å².